The Morgan fingerprint density at radius 3 is 2.07 bits per heavy atom. The predicted octanol–water partition coefficient (Wildman–Crippen LogP) is 5.28. The molecule has 0 aromatic carbocycles. The van der Waals surface area contributed by atoms with Crippen LogP contribution in [-0.2, 0) is 19.1 Å². The van der Waals surface area contributed by atoms with Crippen molar-refractivity contribution in [2.24, 2.45) is 0 Å². The number of methoxy groups -OCH3 is 2. The maximum absolute atomic E-state index is 11.5. The first-order valence-electron chi connectivity index (χ1n) is 11.0. The fourth-order valence-corrected chi connectivity index (χ4v) is 4.28. The summed E-state index contributed by atoms with van der Waals surface area (Å²) >= 11 is 1.66. The zero-order chi connectivity index (χ0) is 21.0. The number of unbranched alkanes of at least 4 members (excludes halogenated alkanes) is 7. The summed E-state index contributed by atoms with van der Waals surface area (Å²) in [7, 11) is 2.85. The molecule has 2 atom stereocenters. The van der Waals surface area contributed by atoms with Gasteiger partial charge in [-0.3, -0.25) is 9.59 Å². The molecule has 0 fully saturated rings. The van der Waals surface area contributed by atoms with Crippen molar-refractivity contribution in [1.82, 2.24) is 0 Å². The minimum Gasteiger partial charge on any atom is -0.469 e. The van der Waals surface area contributed by atoms with Gasteiger partial charge in [0.1, 0.15) is 0 Å². The van der Waals surface area contributed by atoms with Gasteiger partial charge in [-0.05, 0) is 32.1 Å². The number of hydrogen-bond donors (Lipinski definition) is 1. The molecule has 0 aromatic heterocycles. The number of hydrogen-bond acceptors (Lipinski definition) is 6. The molecule has 1 unspecified atom stereocenters. The van der Waals surface area contributed by atoms with Gasteiger partial charge in [0.15, 0.2) is 0 Å². The van der Waals surface area contributed by atoms with Crippen LogP contribution in [0.4, 0.5) is 0 Å². The Hall–Kier alpha value is -0.750. The topological polar surface area (TPSA) is 72.8 Å². The van der Waals surface area contributed by atoms with Crippen molar-refractivity contribution in [1.29, 1.82) is 0 Å². The second-order valence-corrected chi connectivity index (χ2v) is 8.76. The number of thioether (sulfide) groups is 1. The molecule has 0 aliphatic carbocycles. The summed E-state index contributed by atoms with van der Waals surface area (Å²) in [6.45, 7) is 2.19. The van der Waals surface area contributed by atoms with Crippen molar-refractivity contribution in [3.05, 3.63) is 0 Å². The number of aliphatic hydroxyl groups excluding tert-OH is 1. The third kappa shape index (κ3) is 17.4. The summed E-state index contributed by atoms with van der Waals surface area (Å²) < 4.78 is 9.40. The highest BCUT2D eigenvalue weighted by atomic mass is 32.2. The molecule has 0 bridgehead atoms. The van der Waals surface area contributed by atoms with Crippen molar-refractivity contribution >= 4 is 23.7 Å². The molecule has 28 heavy (non-hydrogen) atoms. The van der Waals surface area contributed by atoms with E-state index < -0.39 is 0 Å². The lowest BCUT2D eigenvalue weighted by atomic mass is 10.0. The molecule has 0 saturated heterocycles. The monoisotopic (exact) mass is 418 g/mol. The molecule has 1 N–H and O–H groups in total. The number of esters is 2. The van der Waals surface area contributed by atoms with E-state index in [0.29, 0.717) is 17.4 Å². The SMILES string of the molecule is CCCCCC[C@@H](O)CCC(CCCCCCCC(=O)OC)SCC(=O)OC. The fourth-order valence-electron chi connectivity index (χ4n) is 3.16. The van der Waals surface area contributed by atoms with Crippen LogP contribution in [0.15, 0.2) is 0 Å². The van der Waals surface area contributed by atoms with E-state index in [0.717, 1.165) is 64.2 Å². The minimum absolute atomic E-state index is 0.132. The Balaban J connectivity index is 4.02. The summed E-state index contributed by atoms with van der Waals surface area (Å²) in [6.07, 6.45) is 14.0. The summed E-state index contributed by atoms with van der Waals surface area (Å²) in [5, 5.41) is 10.6. The van der Waals surface area contributed by atoms with E-state index in [1.807, 2.05) is 0 Å². The number of carbonyl (C=O) groups excluding carboxylic acids is 2. The third-order valence-corrected chi connectivity index (χ3v) is 6.36. The first kappa shape index (κ1) is 27.2. The Kier molecular flexibility index (Phi) is 19.0. The van der Waals surface area contributed by atoms with Crippen molar-refractivity contribution in [2.45, 2.75) is 108 Å². The van der Waals surface area contributed by atoms with Crippen LogP contribution < -0.4 is 0 Å². The zero-order valence-electron chi connectivity index (χ0n) is 18.2. The number of rotatable bonds is 19. The quantitative estimate of drug-likeness (QED) is 0.227. The van der Waals surface area contributed by atoms with Crippen LogP contribution in [0.1, 0.15) is 96.8 Å². The molecule has 0 spiro atoms. The van der Waals surface area contributed by atoms with Crippen molar-refractivity contribution in [2.75, 3.05) is 20.0 Å². The van der Waals surface area contributed by atoms with Gasteiger partial charge < -0.3 is 14.6 Å². The molecule has 0 radical (unpaired) electrons. The van der Waals surface area contributed by atoms with Gasteiger partial charge in [-0.25, -0.2) is 0 Å². The van der Waals surface area contributed by atoms with E-state index >= 15 is 0 Å². The molecule has 0 amide bonds. The highest BCUT2D eigenvalue weighted by Gasteiger charge is 2.14. The summed E-state index contributed by atoms with van der Waals surface area (Å²) in [4.78, 5) is 22.5. The van der Waals surface area contributed by atoms with Gasteiger partial charge in [-0.2, -0.15) is 0 Å². The Morgan fingerprint density at radius 1 is 0.786 bits per heavy atom. The molecule has 0 aliphatic heterocycles. The van der Waals surface area contributed by atoms with Gasteiger partial charge in [0, 0.05) is 11.7 Å². The first-order chi connectivity index (χ1) is 13.5. The molecule has 0 heterocycles. The molecule has 0 aromatic rings. The molecule has 6 heteroatoms. The maximum Gasteiger partial charge on any atom is 0.315 e. The van der Waals surface area contributed by atoms with Gasteiger partial charge in [0.2, 0.25) is 0 Å². The zero-order valence-corrected chi connectivity index (χ0v) is 19.1. The Labute approximate surface area is 176 Å². The molecule has 0 rings (SSSR count). The average molecular weight is 419 g/mol. The third-order valence-electron chi connectivity index (χ3n) is 5.01. The van der Waals surface area contributed by atoms with E-state index in [9.17, 15) is 14.7 Å². The van der Waals surface area contributed by atoms with Crippen LogP contribution in [0.25, 0.3) is 0 Å². The van der Waals surface area contributed by atoms with Crippen LogP contribution in [-0.4, -0.2) is 48.4 Å². The van der Waals surface area contributed by atoms with E-state index in [2.05, 4.69) is 11.7 Å². The van der Waals surface area contributed by atoms with Crippen LogP contribution in [0, 0.1) is 0 Å². The lowest BCUT2D eigenvalue weighted by Gasteiger charge is -2.18. The summed E-state index contributed by atoms with van der Waals surface area (Å²) in [6, 6.07) is 0. The molecule has 0 saturated carbocycles. The first-order valence-corrected chi connectivity index (χ1v) is 12.0. The van der Waals surface area contributed by atoms with Gasteiger partial charge in [-0.15, -0.1) is 11.8 Å². The van der Waals surface area contributed by atoms with Crippen LogP contribution in [0.3, 0.4) is 0 Å². The standard InChI is InChI=1S/C22H42O5S/c1-4-5-6-10-13-19(23)16-17-20(28-18-22(25)27-3)14-11-8-7-9-12-15-21(24)26-2/h19-20,23H,4-18H2,1-3H3/t19-,20?/m1/s1. The number of aliphatic hydroxyl groups is 1. The lowest BCUT2D eigenvalue weighted by Crippen LogP contribution is -2.14. The number of carbonyl (C=O) groups is 2. The summed E-state index contributed by atoms with van der Waals surface area (Å²) in [5.74, 6) is 0.0674. The number of ether oxygens (including phenoxy) is 2. The molecule has 5 nitrogen and oxygen atoms in total. The van der Waals surface area contributed by atoms with Gasteiger partial charge in [0.25, 0.3) is 0 Å². The van der Waals surface area contributed by atoms with E-state index in [1.54, 1.807) is 11.8 Å². The van der Waals surface area contributed by atoms with Gasteiger partial charge >= 0.3 is 11.9 Å². The highest BCUT2D eigenvalue weighted by molar-refractivity contribution is 8.00. The molecule has 0 aliphatic rings. The predicted molar refractivity (Wildman–Crippen MR) is 117 cm³/mol. The lowest BCUT2D eigenvalue weighted by molar-refractivity contribution is -0.140. The smallest absolute Gasteiger partial charge is 0.315 e. The van der Waals surface area contributed by atoms with Crippen molar-refractivity contribution < 1.29 is 24.2 Å². The largest absolute Gasteiger partial charge is 0.469 e. The summed E-state index contributed by atoms with van der Waals surface area (Å²) in [5.41, 5.74) is 0. The highest BCUT2D eigenvalue weighted by Crippen LogP contribution is 2.25. The minimum atomic E-state index is -0.226. The fraction of sp³-hybridized carbons (Fsp3) is 0.909. The van der Waals surface area contributed by atoms with Crippen molar-refractivity contribution in [3.63, 3.8) is 0 Å². The van der Waals surface area contributed by atoms with E-state index in [-0.39, 0.29) is 18.0 Å². The maximum atomic E-state index is 11.5. The normalized spacial score (nSPS) is 13.1. The Bertz CT molecular complexity index is 389. The second-order valence-electron chi connectivity index (χ2n) is 7.47. The van der Waals surface area contributed by atoms with Crippen LogP contribution in [0.5, 0.6) is 0 Å². The molecular weight excluding hydrogens is 376 g/mol. The average Bonchev–Trinajstić information content (AvgIpc) is 2.71. The van der Waals surface area contributed by atoms with Crippen molar-refractivity contribution in [3.8, 4) is 0 Å². The molecular formula is C22H42O5S. The van der Waals surface area contributed by atoms with Gasteiger partial charge in [-0.1, -0.05) is 58.3 Å². The van der Waals surface area contributed by atoms with Crippen LogP contribution >= 0.6 is 11.8 Å². The van der Waals surface area contributed by atoms with E-state index in [4.69, 9.17) is 4.74 Å². The van der Waals surface area contributed by atoms with Crippen LogP contribution in [0.2, 0.25) is 0 Å². The van der Waals surface area contributed by atoms with Gasteiger partial charge in [0.05, 0.1) is 26.1 Å². The van der Waals surface area contributed by atoms with E-state index in [1.165, 1.54) is 33.5 Å². The molecule has 166 valence electrons. The second kappa shape index (κ2) is 19.6. The Morgan fingerprint density at radius 2 is 1.39 bits per heavy atom.